The maximum absolute atomic E-state index is 13.6. The van der Waals surface area contributed by atoms with Gasteiger partial charge in [0.1, 0.15) is 5.56 Å². The zero-order valence-corrected chi connectivity index (χ0v) is 22.3. The summed E-state index contributed by atoms with van der Waals surface area (Å²) in [5.74, 6) is -0.758. The Morgan fingerprint density at radius 1 is 0.950 bits per heavy atom. The summed E-state index contributed by atoms with van der Waals surface area (Å²) in [5.41, 5.74) is 0.431. The molecule has 1 amide bonds. The molecule has 0 spiro atoms. The van der Waals surface area contributed by atoms with E-state index in [-0.39, 0.29) is 29.3 Å². The van der Waals surface area contributed by atoms with Gasteiger partial charge in [0.15, 0.2) is 9.84 Å². The van der Waals surface area contributed by atoms with Crippen molar-refractivity contribution in [2.24, 2.45) is 0 Å². The molecule has 1 heterocycles. The lowest BCUT2D eigenvalue weighted by molar-refractivity contribution is -0.137. The van der Waals surface area contributed by atoms with Crippen LogP contribution in [0, 0.1) is 6.92 Å². The molecule has 40 heavy (non-hydrogen) atoms. The van der Waals surface area contributed by atoms with Gasteiger partial charge in [0.2, 0.25) is 0 Å². The summed E-state index contributed by atoms with van der Waals surface area (Å²) in [7, 11) is -3.40. The van der Waals surface area contributed by atoms with E-state index in [2.05, 4.69) is 5.32 Å². The molecule has 0 bridgehead atoms. The Bertz CT molecular complexity index is 1730. The molecule has 0 aliphatic heterocycles. The van der Waals surface area contributed by atoms with Crippen LogP contribution in [0.3, 0.4) is 0 Å². The van der Waals surface area contributed by atoms with E-state index in [1.807, 2.05) is 0 Å². The molecule has 0 aliphatic rings. The number of sulfone groups is 1. The molecule has 11 heteroatoms. The van der Waals surface area contributed by atoms with Crippen LogP contribution in [0.15, 0.2) is 88.6 Å². The molecule has 0 radical (unpaired) electrons. The fraction of sp³-hybridized carbons (Fsp3) is 0.172. The van der Waals surface area contributed by atoms with Gasteiger partial charge >= 0.3 is 6.18 Å². The van der Waals surface area contributed by atoms with E-state index in [0.717, 1.165) is 23.0 Å². The summed E-state index contributed by atoms with van der Waals surface area (Å²) < 4.78 is 64.8. The minimum atomic E-state index is -4.64. The Kier molecular flexibility index (Phi) is 7.99. The zero-order chi connectivity index (χ0) is 29.2. The zero-order valence-electron chi connectivity index (χ0n) is 21.5. The summed E-state index contributed by atoms with van der Waals surface area (Å²) >= 11 is 0. The largest absolute Gasteiger partial charge is 0.416 e. The smallest absolute Gasteiger partial charge is 0.392 e. The molecule has 4 rings (SSSR count). The highest BCUT2D eigenvalue weighted by Crippen LogP contribution is 2.31. The molecule has 0 atom stereocenters. The number of hydrogen-bond acceptors (Lipinski definition) is 5. The Labute approximate surface area is 228 Å². The van der Waals surface area contributed by atoms with Crippen molar-refractivity contribution in [3.05, 3.63) is 117 Å². The molecule has 0 saturated heterocycles. The number of benzene rings is 3. The number of pyridine rings is 1. The Morgan fingerprint density at radius 3 is 2.15 bits per heavy atom. The van der Waals surface area contributed by atoms with Crippen molar-refractivity contribution in [1.82, 2.24) is 9.88 Å². The lowest BCUT2D eigenvalue weighted by atomic mass is 10.00. The fourth-order valence-electron chi connectivity index (χ4n) is 4.21. The van der Waals surface area contributed by atoms with Gasteiger partial charge < -0.3 is 10.4 Å². The lowest BCUT2D eigenvalue weighted by Crippen LogP contribution is -2.33. The number of halogens is 3. The molecule has 1 aromatic heterocycles. The molecule has 0 aliphatic carbocycles. The molecule has 7 nitrogen and oxygen atoms in total. The molecular formula is C29H25F3N2O5S. The summed E-state index contributed by atoms with van der Waals surface area (Å²) in [5, 5.41) is 12.0. The third-order valence-corrected chi connectivity index (χ3v) is 7.50. The quantitative estimate of drug-likeness (QED) is 0.336. The molecule has 208 valence electrons. The number of carbonyl (C=O) groups excluding carboxylic acids is 1. The number of carbonyl (C=O) groups is 1. The van der Waals surface area contributed by atoms with Crippen LogP contribution in [0.1, 0.15) is 32.7 Å². The van der Waals surface area contributed by atoms with Crippen molar-refractivity contribution < 1.29 is 31.5 Å². The number of nitrogens with zero attached hydrogens (tertiary/aromatic N) is 1. The number of aliphatic hydroxyl groups excluding tert-OH is 1. The second-order valence-electron chi connectivity index (χ2n) is 9.20. The van der Waals surface area contributed by atoms with Crippen LogP contribution in [0.25, 0.3) is 16.8 Å². The number of alkyl halides is 3. The van der Waals surface area contributed by atoms with Crippen LogP contribution < -0.4 is 10.9 Å². The van der Waals surface area contributed by atoms with Crippen molar-refractivity contribution in [3.8, 4) is 16.8 Å². The van der Waals surface area contributed by atoms with Crippen LogP contribution in [0.2, 0.25) is 0 Å². The first-order valence-electron chi connectivity index (χ1n) is 12.0. The predicted molar refractivity (Wildman–Crippen MR) is 144 cm³/mol. The molecule has 2 N–H and O–H groups in total. The number of nitrogens with one attached hydrogen (secondary N) is 1. The van der Waals surface area contributed by atoms with Crippen molar-refractivity contribution in [2.45, 2.75) is 31.1 Å². The third kappa shape index (κ3) is 6.16. The molecule has 4 aromatic rings. The van der Waals surface area contributed by atoms with E-state index in [9.17, 15) is 36.3 Å². The van der Waals surface area contributed by atoms with Gasteiger partial charge in [0.05, 0.1) is 17.1 Å². The highest BCUT2D eigenvalue weighted by molar-refractivity contribution is 7.90. The van der Waals surface area contributed by atoms with E-state index >= 15 is 0 Å². The van der Waals surface area contributed by atoms with E-state index < -0.39 is 33.0 Å². The van der Waals surface area contributed by atoms with Crippen molar-refractivity contribution >= 4 is 15.7 Å². The molecule has 0 saturated carbocycles. The molecular weight excluding hydrogens is 545 g/mol. The van der Waals surface area contributed by atoms with Crippen LogP contribution in [0.5, 0.6) is 0 Å². The first-order chi connectivity index (χ1) is 18.8. The van der Waals surface area contributed by atoms with Crippen LogP contribution >= 0.6 is 0 Å². The van der Waals surface area contributed by atoms with Gasteiger partial charge in [-0.05, 0) is 60.0 Å². The SMILES string of the molecule is Cc1c(-c2ccc(CO)cc2)cc(C(=O)NCc2ccc(S(C)(=O)=O)cc2)c(=O)n1-c1cccc(C(F)(F)F)c1. The van der Waals surface area contributed by atoms with Gasteiger partial charge in [-0.25, -0.2) is 8.42 Å². The Morgan fingerprint density at radius 2 is 1.57 bits per heavy atom. The Balaban J connectivity index is 1.79. The number of aliphatic hydroxyl groups is 1. The van der Waals surface area contributed by atoms with Gasteiger partial charge in [0.25, 0.3) is 11.5 Å². The van der Waals surface area contributed by atoms with Gasteiger partial charge in [-0.3, -0.25) is 14.2 Å². The summed E-state index contributed by atoms with van der Waals surface area (Å²) in [4.78, 5) is 26.9. The topological polar surface area (TPSA) is 105 Å². The average molecular weight is 571 g/mol. The summed E-state index contributed by atoms with van der Waals surface area (Å²) in [6.07, 6.45) is -3.57. The van der Waals surface area contributed by atoms with Crippen molar-refractivity contribution in [1.29, 1.82) is 0 Å². The van der Waals surface area contributed by atoms with Crippen molar-refractivity contribution in [3.63, 3.8) is 0 Å². The maximum atomic E-state index is 13.6. The lowest BCUT2D eigenvalue weighted by Gasteiger charge is -2.18. The standard InChI is InChI=1S/C29H25F3N2O5S/c1-18-25(21-10-6-20(17-35)7-11-21)15-26(27(36)33-16-19-8-12-24(13-9-19)40(2,38)39)28(37)34(18)23-5-3-4-22(14-23)29(30,31)32/h3-15,35H,16-17H2,1-2H3,(H,33,36). The fourth-order valence-corrected chi connectivity index (χ4v) is 4.84. The minimum absolute atomic E-state index is 0.0275. The highest BCUT2D eigenvalue weighted by Gasteiger charge is 2.31. The predicted octanol–water partition coefficient (Wildman–Crippen LogP) is 4.66. The summed E-state index contributed by atoms with van der Waals surface area (Å²) in [6.45, 7) is 1.35. The second-order valence-corrected chi connectivity index (χ2v) is 11.2. The highest BCUT2D eigenvalue weighted by atomic mass is 32.2. The number of hydrogen-bond donors (Lipinski definition) is 2. The summed E-state index contributed by atoms with van der Waals surface area (Å²) in [6, 6.07) is 18.2. The normalized spacial score (nSPS) is 11.8. The first-order valence-corrected chi connectivity index (χ1v) is 13.9. The first kappa shape index (κ1) is 28.8. The number of aromatic nitrogens is 1. The van der Waals surface area contributed by atoms with Gasteiger partial charge in [-0.2, -0.15) is 13.2 Å². The molecule has 3 aromatic carbocycles. The van der Waals surface area contributed by atoms with Gasteiger partial charge in [0, 0.05) is 29.7 Å². The van der Waals surface area contributed by atoms with E-state index in [0.29, 0.717) is 27.9 Å². The third-order valence-electron chi connectivity index (χ3n) is 6.38. The molecule has 0 fully saturated rings. The van der Waals surface area contributed by atoms with Gasteiger partial charge in [-0.15, -0.1) is 0 Å². The van der Waals surface area contributed by atoms with Crippen LogP contribution in [0.4, 0.5) is 13.2 Å². The number of rotatable bonds is 7. The van der Waals surface area contributed by atoms with Gasteiger partial charge in [-0.1, -0.05) is 42.5 Å². The average Bonchev–Trinajstić information content (AvgIpc) is 2.91. The van der Waals surface area contributed by atoms with Crippen LogP contribution in [-0.4, -0.2) is 30.3 Å². The Hall–Kier alpha value is -4.22. The van der Waals surface area contributed by atoms with E-state index in [4.69, 9.17) is 0 Å². The second kappa shape index (κ2) is 11.1. The van der Waals surface area contributed by atoms with Crippen LogP contribution in [-0.2, 0) is 29.2 Å². The minimum Gasteiger partial charge on any atom is -0.392 e. The molecule has 0 unspecified atom stereocenters. The van der Waals surface area contributed by atoms with Crippen molar-refractivity contribution in [2.75, 3.05) is 6.26 Å². The maximum Gasteiger partial charge on any atom is 0.416 e. The number of amides is 1. The van der Waals surface area contributed by atoms with E-state index in [1.165, 1.54) is 42.5 Å². The van der Waals surface area contributed by atoms with E-state index in [1.54, 1.807) is 31.2 Å². The monoisotopic (exact) mass is 570 g/mol.